The molecule has 8 heteroatoms. The lowest BCUT2D eigenvalue weighted by Crippen LogP contribution is -2.46. The van der Waals surface area contributed by atoms with Crippen molar-refractivity contribution >= 4 is 23.5 Å². The van der Waals surface area contributed by atoms with Gasteiger partial charge in [0.2, 0.25) is 0 Å². The molecular weight excluding hydrogens is 448 g/mol. The second-order valence-electron chi connectivity index (χ2n) is 7.96. The van der Waals surface area contributed by atoms with E-state index in [0.29, 0.717) is 17.7 Å². The van der Waals surface area contributed by atoms with Crippen LogP contribution in [0.1, 0.15) is 33.5 Å². The number of pyridine rings is 1. The first kappa shape index (κ1) is 25.3. The van der Waals surface area contributed by atoms with Crippen LogP contribution in [0.25, 0.3) is 11.1 Å². The van der Waals surface area contributed by atoms with Crippen molar-refractivity contribution in [1.29, 1.82) is 0 Å². The number of carbonyl (C=O) groups is 1. The Morgan fingerprint density at radius 3 is 2.56 bits per heavy atom. The summed E-state index contributed by atoms with van der Waals surface area (Å²) in [5.74, 6) is 0.302. The molecule has 4 N–H and O–H groups in total. The van der Waals surface area contributed by atoms with Crippen LogP contribution < -0.4 is 10.8 Å². The number of hydrogen-bond acceptors (Lipinski definition) is 6. The van der Waals surface area contributed by atoms with Gasteiger partial charge in [-0.05, 0) is 78.1 Å². The summed E-state index contributed by atoms with van der Waals surface area (Å²) in [4.78, 5) is 17.6. The minimum absolute atomic E-state index is 0.104. The van der Waals surface area contributed by atoms with E-state index in [-0.39, 0.29) is 11.7 Å². The van der Waals surface area contributed by atoms with E-state index in [0.717, 1.165) is 40.7 Å². The fraction of sp³-hybridized carbons (Fsp3) is 0.269. The van der Waals surface area contributed by atoms with Gasteiger partial charge in [0, 0.05) is 18.0 Å². The van der Waals surface area contributed by atoms with Crippen LogP contribution in [0.5, 0.6) is 0 Å². The largest absolute Gasteiger partial charge is 0.409 e. The smallest absolute Gasteiger partial charge is 0.252 e. The normalized spacial score (nSPS) is 12.3. The summed E-state index contributed by atoms with van der Waals surface area (Å²) in [5, 5.41) is 24.6. The first-order chi connectivity index (χ1) is 16.6. The number of amides is 1. The van der Waals surface area contributed by atoms with E-state index in [9.17, 15) is 15.2 Å². The van der Waals surface area contributed by atoms with Crippen LogP contribution in [-0.4, -0.2) is 45.2 Å². The van der Waals surface area contributed by atoms with Crippen LogP contribution in [0, 0.1) is 6.92 Å². The van der Waals surface area contributed by atoms with Crippen molar-refractivity contribution in [2.24, 2.45) is 5.16 Å². The monoisotopic (exact) mass is 478 g/mol. The zero-order valence-electron chi connectivity index (χ0n) is 19.4. The Balaban J connectivity index is 1.93. The van der Waals surface area contributed by atoms with Gasteiger partial charge in [0.1, 0.15) is 0 Å². The number of amidine groups is 1. The van der Waals surface area contributed by atoms with Gasteiger partial charge in [0.25, 0.3) is 5.91 Å². The highest BCUT2D eigenvalue weighted by molar-refractivity contribution is 7.98. The van der Waals surface area contributed by atoms with Crippen LogP contribution in [0.4, 0.5) is 0 Å². The van der Waals surface area contributed by atoms with E-state index >= 15 is 0 Å². The number of hydroxylamine groups is 1. The molecule has 0 aliphatic rings. The lowest BCUT2D eigenvalue weighted by atomic mass is 9.92. The third-order valence-electron chi connectivity index (χ3n) is 5.66. The molecule has 0 unspecified atom stereocenters. The summed E-state index contributed by atoms with van der Waals surface area (Å²) in [7, 11) is 0. The van der Waals surface area contributed by atoms with Gasteiger partial charge >= 0.3 is 0 Å². The lowest BCUT2D eigenvalue weighted by molar-refractivity contribution is 0.0944. The number of aromatic nitrogens is 1. The van der Waals surface area contributed by atoms with Crippen LogP contribution in [0.3, 0.4) is 0 Å². The summed E-state index contributed by atoms with van der Waals surface area (Å²) >= 11 is 1.60. The van der Waals surface area contributed by atoms with Crippen LogP contribution in [0.15, 0.2) is 72.1 Å². The molecule has 0 aliphatic carbocycles. The van der Waals surface area contributed by atoms with E-state index < -0.39 is 6.04 Å². The van der Waals surface area contributed by atoms with E-state index in [1.54, 1.807) is 18.0 Å². The maximum atomic E-state index is 13.4. The molecule has 0 radical (unpaired) electrons. The van der Waals surface area contributed by atoms with Crippen LogP contribution in [0.2, 0.25) is 0 Å². The second kappa shape index (κ2) is 12.8. The fourth-order valence-electron chi connectivity index (χ4n) is 3.80. The van der Waals surface area contributed by atoms with E-state index in [2.05, 4.69) is 27.6 Å². The number of nitrogens with one attached hydrogen (secondary N) is 2. The Labute approximate surface area is 204 Å². The number of benzene rings is 2. The fourth-order valence-corrected chi connectivity index (χ4v) is 4.27. The Bertz CT molecular complexity index is 1120. The molecule has 1 heterocycles. The van der Waals surface area contributed by atoms with Crippen molar-refractivity contribution in [2.75, 3.05) is 12.0 Å². The average molecular weight is 479 g/mol. The summed E-state index contributed by atoms with van der Waals surface area (Å²) in [5.41, 5.74) is 7.56. The van der Waals surface area contributed by atoms with Gasteiger partial charge in [-0.1, -0.05) is 47.6 Å². The zero-order chi connectivity index (χ0) is 24.3. The summed E-state index contributed by atoms with van der Waals surface area (Å²) in [6, 6.07) is 17.2. The minimum atomic E-state index is -0.662. The molecule has 0 fully saturated rings. The quantitative estimate of drug-likeness (QED) is 0.148. The molecule has 178 valence electrons. The molecule has 34 heavy (non-hydrogen) atoms. The highest BCUT2D eigenvalue weighted by atomic mass is 32.2. The number of carbonyl (C=O) groups excluding carboxylic acids is 1. The number of rotatable bonds is 10. The highest BCUT2D eigenvalue weighted by Gasteiger charge is 2.22. The second-order valence-corrected chi connectivity index (χ2v) is 8.95. The number of thioether (sulfide) groups is 1. The van der Waals surface area contributed by atoms with Gasteiger partial charge in [-0.3, -0.25) is 20.5 Å². The molecule has 0 saturated carbocycles. The number of aryl methyl sites for hydroxylation is 3. The molecule has 1 amide bonds. The van der Waals surface area contributed by atoms with Gasteiger partial charge in [0.05, 0.1) is 6.04 Å². The van der Waals surface area contributed by atoms with Crippen molar-refractivity contribution in [3.05, 3.63) is 89.2 Å². The molecule has 3 aromatic rings. The van der Waals surface area contributed by atoms with E-state index in [1.807, 2.05) is 67.3 Å². The van der Waals surface area contributed by atoms with Crippen molar-refractivity contribution in [1.82, 2.24) is 15.8 Å². The first-order valence-corrected chi connectivity index (χ1v) is 12.5. The predicted octanol–water partition coefficient (Wildman–Crippen LogP) is 4.46. The zero-order valence-corrected chi connectivity index (χ0v) is 20.2. The van der Waals surface area contributed by atoms with Gasteiger partial charge in [-0.2, -0.15) is 11.8 Å². The van der Waals surface area contributed by atoms with Crippen molar-refractivity contribution in [3.63, 3.8) is 0 Å². The van der Waals surface area contributed by atoms with Gasteiger partial charge in [0.15, 0.2) is 5.84 Å². The minimum Gasteiger partial charge on any atom is -0.409 e. The molecule has 1 aromatic heterocycles. The Morgan fingerprint density at radius 2 is 1.88 bits per heavy atom. The van der Waals surface area contributed by atoms with Gasteiger partial charge in [-0.15, -0.1) is 0 Å². The summed E-state index contributed by atoms with van der Waals surface area (Å²) in [6.45, 7) is 2.02. The topological polar surface area (TPSA) is 107 Å². The van der Waals surface area contributed by atoms with Crippen LogP contribution >= 0.6 is 11.8 Å². The maximum Gasteiger partial charge on any atom is 0.252 e. The molecular formula is C26H30N4O3S. The Kier molecular flexibility index (Phi) is 9.49. The maximum absolute atomic E-state index is 13.4. The Hall–Kier alpha value is -3.36. The van der Waals surface area contributed by atoms with Gasteiger partial charge < -0.3 is 10.5 Å². The third-order valence-corrected chi connectivity index (χ3v) is 6.30. The lowest BCUT2D eigenvalue weighted by Gasteiger charge is -2.20. The van der Waals surface area contributed by atoms with Crippen molar-refractivity contribution in [2.45, 2.75) is 32.2 Å². The summed E-state index contributed by atoms with van der Waals surface area (Å²) < 4.78 is 0. The molecule has 0 spiro atoms. The average Bonchev–Trinajstić information content (AvgIpc) is 2.87. The van der Waals surface area contributed by atoms with Gasteiger partial charge in [-0.25, -0.2) is 0 Å². The SMILES string of the molecule is CSCC[C@H](NC(=O)c1ccc(CCc2cccnc2)cc1-c1ccccc1C)/C(=N/O)NO. The highest BCUT2D eigenvalue weighted by Crippen LogP contribution is 2.29. The van der Waals surface area contributed by atoms with E-state index in [1.165, 1.54) is 0 Å². The number of oxime groups is 1. The van der Waals surface area contributed by atoms with E-state index in [4.69, 9.17) is 0 Å². The third kappa shape index (κ3) is 6.59. The standard InChI is InChI=1S/C26H30N4O3S/c1-18-6-3-4-8-21(18)23-16-19(9-10-20-7-5-14-27-17-20)11-12-22(23)26(31)28-24(13-15-34-2)25(29-32)30-33/h3-8,11-12,14,16-17,24,32-33H,9-10,13,15H2,1-2H3,(H,28,31)(H,29,30)/t24-/m0/s1. The molecule has 7 nitrogen and oxygen atoms in total. The summed E-state index contributed by atoms with van der Waals surface area (Å²) in [6.07, 6.45) is 7.73. The number of nitrogens with zero attached hydrogens (tertiary/aromatic N) is 2. The molecule has 0 bridgehead atoms. The van der Waals surface area contributed by atoms with Crippen molar-refractivity contribution in [3.8, 4) is 11.1 Å². The molecule has 1 atom stereocenters. The van der Waals surface area contributed by atoms with Crippen LogP contribution in [-0.2, 0) is 12.8 Å². The Morgan fingerprint density at radius 1 is 1.09 bits per heavy atom. The molecule has 0 saturated heterocycles. The number of hydrogen-bond donors (Lipinski definition) is 4. The predicted molar refractivity (Wildman–Crippen MR) is 137 cm³/mol. The molecule has 2 aromatic carbocycles. The van der Waals surface area contributed by atoms with Crippen molar-refractivity contribution < 1.29 is 15.2 Å². The molecule has 3 rings (SSSR count). The first-order valence-electron chi connectivity index (χ1n) is 11.1. The molecule has 0 aliphatic heterocycles.